The van der Waals surface area contributed by atoms with Gasteiger partial charge in [0.05, 0.1) is 0 Å². The van der Waals surface area contributed by atoms with E-state index >= 15 is 0 Å². The van der Waals surface area contributed by atoms with Crippen LogP contribution in [0.5, 0.6) is 0 Å². The van der Waals surface area contributed by atoms with Gasteiger partial charge in [0.1, 0.15) is 5.69 Å². The summed E-state index contributed by atoms with van der Waals surface area (Å²) in [7, 11) is 0. The van der Waals surface area contributed by atoms with Gasteiger partial charge in [-0.2, -0.15) is 0 Å². The molecule has 27 heavy (non-hydrogen) atoms. The summed E-state index contributed by atoms with van der Waals surface area (Å²) in [6.45, 7) is 8.78. The van der Waals surface area contributed by atoms with Crippen LogP contribution in [0.25, 0.3) is 17.2 Å². The van der Waals surface area contributed by atoms with Gasteiger partial charge < -0.3 is 10.6 Å². The lowest BCUT2D eigenvalue weighted by Crippen LogP contribution is -2.26. The zero-order valence-electron chi connectivity index (χ0n) is 15.8. The number of benzene rings is 1. The molecule has 1 aromatic carbocycles. The molecule has 1 aliphatic rings. The van der Waals surface area contributed by atoms with Crippen molar-refractivity contribution < 1.29 is 12.4 Å². The molecule has 1 heterocycles. The molecule has 1 aliphatic carbocycles. The Bertz CT molecular complexity index is 896. The first-order chi connectivity index (χ1) is 13.0. The summed E-state index contributed by atoms with van der Waals surface area (Å²) in [4.78, 5) is 29.3. The summed E-state index contributed by atoms with van der Waals surface area (Å²) in [6.07, 6.45) is 4.09. The third-order valence-corrected chi connectivity index (χ3v) is 4.72. The molecule has 2 aromatic rings. The molecule has 1 saturated carbocycles. The number of aromatic nitrogens is 1. The third-order valence-electron chi connectivity index (χ3n) is 4.72. The van der Waals surface area contributed by atoms with Gasteiger partial charge in [-0.25, -0.2) is 4.98 Å². The van der Waals surface area contributed by atoms with Gasteiger partial charge >= 0.3 is 0 Å². The van der Waals surface area contributed by atoms with E-state index in [2.05, 4.69) is 22.2 Å². The van der Waals surface area contributed by atoms with E-state index in [0.717, 1.165) is 16.7 Å². The number of aryl methyl sites for hydroxylation is 1. The quantitative estimate of drug-likeness (QED) is 0.774. The molecule has 0 spiro atoms. The average Bonchev–Trinajstić information content (AvgIpc) is 3.50. The van der Waals surface area contributed by atoms with E-state index in [-0.39, 0.29) is 14.7 Å². The maximum Gasteiger partial charge on any atom is 0.269 e. The Morgan fingerprint density at radius 3 is 2.56 bits per heavy atom. The summed E-state index contributed by atoms with van der Waals surface area (Å²) in [5, 5.41) is 5.78. The van der Waals surface area contributed by atoms with Crippen molar-refractivity contribution in [2.45, 2.75) is 26.7 Å². The SMILES string of the molecule is C=Cc1ccc(-c2ccc(C(=O)NCC3CC3)nc2C)c(C(=O)NCC)c1.[HH].[HH]. The maximum absolute atomic E-state index is 12.5. The molecule has 144 valence electrons. The number of carbonyl (C=O) groups is 2. The first-order valence-corrected chi connectivity index (χ1v) is 9.34. The fourth-order valence-corrected chi connectivity index (χ4v) is 2.99. The van der Waals surface area contributed by atoms with Crippen molar-refractivity contribution in [2.24, 2.45) is 5.92 Å². The number of carbonyl (C=O) groups excluding carboxylic acids is 2. The third kappa shape index (κ3) is 4.42. The summed E-state index contributed by atoms with van der Waals surface area (Å²) in [6, 6.07) is 9.22. The van der Waals surface area contributed by atoms with E-state index in [1.165, 1.54) is 12.8 Å². The molecule has 0 bridgehead atoms. The Morgan fingerprint density at radius 1 is 1.19 bits per heavy atom. The van der Waals surface area contributed by atoms with Gasteiger partial charge in [0.2, 0.25) is 0 Å². The van der Waals surface area contributed by atoms with Crippen molar-refractivity contribution >= 4 is 17.9 Å². The monoisotopic (exact) mass is 367 g/mol. The number of nitrogens with one attached hydrogen (secondary N) is 2. The lowest BCUT2D eigenvalue weighted by Gasteiger charge is -2.13. The number of hydrogen-bond acceptors (Lipinski definition) is 3. The van der Waals surface area contributed by atoms with Gasteiger partial charge in [-0.3, -0.25) is 9.59 Å². The van der Waals surface area contributed by atoms with Crippen LogP contribution in [0.1, 0.15) is 54.7 Å². The summed E-state index contributed by atoms with van der Waals surface area (Å²) < 4.78 is 0. The van der Waals surface area contributed by atoms with Gasteiger partial charge in [0, 0.05) is 32.8 Å². The first-order valence-electron chi connectivity index (χ1n) is 9.34. The van der Waals surface area contributed by atoms with Crippen LogP contribution in [0.15, 0.2) is 36.9 Å². The molecule has 5 nitrogen and oxygen atoms in total. The predicted molar refractivity (Wildman–Crippen MR) is 112 cm³/mol. The molecule has 2 amide bonds. The Morgan fingerprint density at radius 2 is 1.93 bits per heavy atom. The van der Waals surface area contributed by atoms with Gasteiger partial charge in [-0.15, -0.1) is 0 Å². The van der Waals surface area contributed by atoms with Crippen molar-refractivity contribution in [1.29, 1.82) is 0 Å². The largest absolute Gasteiger partial charge is 0.352 e. The molecule has 1 aromatic heterocycles. The van der Waals surface area contributed by atoms with E-state index in [0.29, 0.717) is 36.0 Å². The normalized spacial score (nSPS) is 13.1. The smallest absolute Gasteiger partial charge is 0.269 e. The second-order valence-corrected chi connectivity index (χ2v) is 6.85. The molecule has 1 fully saturated rings. The fourth-order valence-electron chi connectivity index (χ4n) is 2.99. The first kappa shape index (κ1) is 18.8. The molecule has 0 saturated heterocycles. The highest BCUT2D eigenvalue weighted by atomic mass is 16.2. The highest BCUT2D eigenvalue weighted by Gasteiger charge is 2.22. The van der Waals surface area contributed by atoms with Crippen LogP contribution in [0.4, 0.5) is 0 Å². The van der Waals surface area contributed by atoms with Crippen molar-refractivity contribution in [1.82, 2.24) is 15.6 Å². The van der Waals surface area contributed by atoms with Crippen LogP contribution in [0, 0.1) is 12.8 Å². The lowest BCUT2D eigenvalue weighted by molar-refractivity contribution is 0.0941. The van der Waals surface area contributed by atoms with Gasteiger partial charge in [0.15, 0.2) is 0 Å². The summed E-state index contributed by atoms with van der Waals surface area (Å²) in [5.41, 5.74) is 4.20. The van der Waals surface area contributed by atoms with E-state index in [9.17, 15) is 9.59 Å². The van der Waals surface area contributed by atoms with Crippen molar-refractivity contribution in [3.8, 4) is 11.1 Å². The molecule has 3 rings (SSSR count). The minimum atomic E-state index is -0.150. The van der Waals surface area contributed by atoms with Crippen LogP contribution in [0.3, 0.4) is 0 Å². The number of hydrogen-bond donors (Lipinski definition) is 2. The molecule has 0 unspecified atom stereocenters. The van der Waals surface area contributed by atoms with E-state index in [1.54, 1.807) is 12.1 Å². The molecule has 2 N–H and O–H groups in total. The average molecular weight is 367 g/mol. The fraction of sp³-hybridized carbons (Fsp3) is 0.318. The van der Waals surface area contributed by atoms with Crippen LogP contribution in [-0.2, 0) is 0 Å². The Labute approximate surface area is 162 Å². The van der Waals surface area contributed by atoms with Crippen molar-refractivity contribution in [3.63, 3.8) is 0 Å². The van der Waals surface area contributed by atoms with Crippen LogP contribution in [-0.4, -0.2) is 29.9 Å². The molecule has 0 radical (unpaired) electrons. The molecule has 5 heteroatoms. The Kier molecular flexibility index (Phi) is 5.69. The number of amides is 2. The van der Waals surface area contributed by atoms with Crippen LogP contribution >= 0.6 is 0 Å². The summed E-state index contributed by atoms with van der Waals surface area (Å²) in [5.74, 6) is 0.335. The van der Waals surface area contributed by atoms with E-state index in [4.69, 9.17) is 0 Å². The van der Waals surface area contributed by atoms with Crippen molar-refractivity contribution in [3.05, 3.63) is 59.4 Å². The van der Waals surface area contributed by atoms with Crippen LogP contribution < -0.4 is 10.6 Å². The molecule has 0 atom stereocenters. The Balaban J connectivity index is 0.00000210. The number of pyridine rings is 1. The molecular weight excluding hydrogens is 338 g/mol. The predicted octanol–water partition coefficient (Wildman–Crippen LogP) is 4.08. The number of nitrogens with zero attached hydrogens (tertiary/aromatic N) is 1. The number of rotatable bonds is 7. The maximum atomic E-state index is 12.5. The van der Waals surface area contributed by atoms with E-state index in [1.807, 2.05) is 38.1 Å². The van der Waals surface area contributed by atoms with Gasteiger partial charge in [-0.05, 0) is 55.9 Å². The minimum absolute atomic E-state index is 0. The van der Waals surface area contributed by atoms with Gasteiger partial charge in [-0.1, -0.05) is 30.9 Å². The highest BCUT2D eigenvalue weighted by molar-refractivity contribution is 6.02. The molecular formula is C22H29N3O2. The second kappa shape index (κ2) is 8.16. The van der Waals surface area contributed by atoms with Crippen LogP contribution in [0.2, 0.25) is 0 Å². The molecule has 0 aliphatic heterocycles. The highest BCUT2D eigenvalue weighted by Crippen LogP contribution is 2.29. The Hall–Kier alpha value is -2.95. The topological polar surface area (TPSA) is 71.1 Å². The standard InChI is InChI=1S/C22H25N3O2.2H2/c1-4-15-8-9-18(19(12-15)21(26)23-5-2)17-10-11-20(25-14(17)3)22(27)24-13-16-6-7-16;;/h4,8-12,16H,1,5-7,13H2,2-3H3,(H,23,26)(H,24,27);2*1H. The minimum Gasteiger partial charge on any atom is -0.352 e. The lowest BCUT2D eigenvalue weighted by atomic mass is 9.95. The zero-order valence-corrected chi connectivity index (χ0v) is 15.8. The summed E-state index contributed by atoms with van der Waals surface area (Å²) >= 11 is 0. The zero-order chi connectivity index (χ0) is 19.4. The van der Waals surface area contributed by atoms with Crippen molar-refractivity contribution in [2.75, 3.05) is 13.1 Å². The van der Waals surface area contributed by atoms with Gasteiger partial charge in [0.25, 0.3) is 11.8 Å². The second-order valence-electron chi connectivity index (χ2n) is 6.85. The van der Waals surface area contributed by atoms with E-state index < -0.39 is 0 Å².